The largest absolute Gasteiger partial charge is 0.373 e. The van der Waals surface area contributed by atoms with E-state index in [4.69, 9.17) is 4.74 Å². The molecule has 2 aromatic rings. The van der Waals surface area contributed by atoms with Crippen LogP contribution in [-0.2, 0) is 16.1 Å². The number of carbonyl (C=O) groups is 1. The Labute approximate surface area is 172 Å². The Bertz CT molecular complexity index is 866. The first kappa shape index (κ1) is 18.8. The number of aryl methyl sites for hydroxylation is 1. The molecule has 1 spiro atoms. The van der Waals surface area contributed by atoms with Crippen LogP contribution in [0.25, 0.3) is 0 Å². The fourth-order valence-corrected chi connectivity index (χ4v) is 6.56. The van der Waals surface area contributed by atoms with E-state index in [0.29, 0.717) is 24.8 Å². The van der Waals surface area contributed by atoms with Gasteiger partial charge in [0, 0.05) is 19.1 Å². The molecule has 1 aromatic heterocycles. The molecule has 1 aromatic carbocycles. The summed E-state index contributed by atoms with van der Waals surface area (Å²) in [6, 6.07) is 10.8. The normalized spacial score (nSPS) is 34.7. The zero-order valence-electron chi connectivity index (χ0n) is 17.3. The average Bonchev–Trinajstić information content (AvgIpc) is 3.42. The molecular formula is C23H30N4O2. The minimum absolute atomic E-state index is 0.109. The van der Waals surface area contributed by atoms with Crippen LogP contribution < -0.4 is 5.32 Å². The number of nitrogens with one attached hydrogen (secondary N) is 1. The molecule has 1 amide bonds. The van der Waals surface area contributed by atoms with Crippen LogP contribution in [0.1, 0.15) is 51.2 Å². The lowest BCUT2D eigenvalue weighted by Gasteiger charge is -2.53. The van der Waals surface area contributed by atoms with Gasteiger partial charge in [-0.15, -0.1) is 0 Å². The van der Waals surface area contributed by atoms with Crippen molar-refractivity contribution >= 4 is 5.91 Å². The molecule has 1 saturated heterocycles. The highest BCUT2D eigenvalue weighted by atomic mass is 16.5. The van der Waals surface area contributed by atoms with Gasteiger partial charge in [-0.25, -0.2) is 4.98 Å². The number of hydrogen-bond acceptors (Lipinski definition) is 4. The Balaban J connectivity index is 1.37. The molecule has 6 nitrogen and oxygen atoms in total. The Morgan fingerprint density at radius 2 is 2.14 bits per heavy atom. The maximum Gasteiger partial charge on any atom is 0.222 e. The minimum atomic E-state index is 0.109. The van der Waals surface area contributed by atoms with Crippen molar-refractivity contribution in [3.05, 3.63) is 48.5 Å². The molecule has 0 unspecified atom stereocenters. The van der Waals surface area contributed by atoms with E-state index < -0.39 is 0 Å². The zero-order chi connectivity index (χ0) is 20.1. The molecule has 0 radical (unpaired) electrons. The van der Waals surface area contributed by atoms with Gasteiger partial charge in [0.25, 0.3) is 0 Å². The summed E-state index contributed by atoms with van der Waals surface area (Å²) in [5, 5.41) is 7.57. The lowest BCUT2D eigenvalue weighted by Crippen LogP contribution is -2.59. The van der Waals surface area contributed by atoms with E-state index in [9.17, 15) is 4.79 Å². The Morgan fingerprint density at radius 3 is 2.90 bits per heavy atom. The van der Waals surface area contributed by atoms with Crippen molar-refractivity contribution in [1.82, 2.24) is 20.1 Å². The third kappa shape index (κ3) is 3.00. The SMILES string of the molecule is CC1(C)[C@@H]2C[C@@H]3[C@@H](c4ccccc4)OCC[C@]3(C2)[C@H]1NC(=O)CCn1cncn1. The van der Waals surface area contributed by atoms with Crippen LogP contribution in [0.4, 0.5) is 0 Å². The van der Waals surface area contributed by atoms with Gasteiger partial charge in [0.05, 0.1) is 12.6 Å². The first-order valence-electron chi connectivity index (χ1n) is 10.8. The molecule has 3 fully saturated rings. The molecule has 2 aliphatic carbocycles. The standard InChI is InChI=1S/C23H30N4O2/c1-22(2)17-12-18-20(16-6-4-3-5-7-16)29-11-9-23(18,13-17)21(22)26-19(28)8-10-27-15-24-14-25-27/h3-7,14-15,17-18,20-21H,8-13H2,1-2H3,(H,26,28)/t17-,18-,20-,21+,23-/m1/s1. The van der Waals surface area contributed by atoms with Crippen LogP contribution in [0.3, 0.4) is 0 Å². The highest BCUT2D eigenvalue weighted by Crippen LogP contribution is 2.70. The molecule has 29 heavy (non-hydrogen) atoms. The predicted octanol–water partition coefficient (Wildman–Crippen LogP) is 3.37. The monoisotopic (exact) mass is 394 g/mol. The van der Waals surface area contributed by atoms with Gasteiger partial charge in [-0.1, -0.05) is 44.2 Å². The number of benzene rings is 1. The van der Waals surface area contributed by atoms with Gasteiger partial charge >= 0.3 is 0 Å². The Hall–Kier alpha value is -2.21. The van der Waals surface area contributed by atoms with Gasteiger partial charge in [0.1, 0.15) is 12.7 Å². The second-order valence-electron chi connectivity index (χ2n) is 9.66. The van der Waals surface area contributed by atoms with Gasteiger partial charge in [-0.2, -0.15) is 5.10 Å². The molecule has 6 heteroatoms. The van der Waals surface area contributed by atoms with E-state index in [2.05, 4.69) is 59.6 Å². The summed E-state index contributed by atoms with van der Waals surface area (Å²) in [5.74, 6) is 1.21. The van der Waals surface area contributed by atoms with E-state index in [-0.39, 0.29) is 28.9 Å². The van der Waals surface area contributed by atoms with Crippen LogP contribution in [0, 0.1) is 22.7 Å². The number of hydrogen-bond donors (Lipinski definition) is 1. The van der Waals surface area contributed by atoms with Gasteiger partial charge < -0.3 is 10.1 Å². The number of fused-ring (bicyclic) bond motifs is 1. The molecule has 2 heterocycles. The van der Waals surface area contributed by atoms with Crippen molar-refractivity contribution in [3.8, 4) is 0 Å². The summed E-state index contributed by atoms with van der Waals surface area (Å²) in [5.41, 5.74) is 1.52. The summed E-state index contributed by atoms with van der Waals surface area (Å²) >= 11 is 0. The van der Waals surface area contributed by atoms with Gasteiger partial charge in [-0.05, 0) is 47.5 Å². The van der Waals surface area contributed by atoms with E-state index in [1.807, 2.05) is 0 Å². The van der Waals surface area contributed by atoms with Crippen molar-refractivity contribution < 1.29 is 9.53 Å². The molecule has 3 aliphatic rings. The van der Waals surface area contributed by atoms with Crippen LogP contribution in [0.2, 0.25) is 0 Å². The van der Waals surface area contributed by atoms with Crippen molar-refractivity contribution in [2.24, 2.45) is 22.7 Å². The minimum Gasteiger partial charge on any atom is -0.373 e. The van der Waals surface area contributed by atoms with E-state index >= 15 is 0 Å². The lowest BCUT2D eigenvalue weighted by molar-refractivity contribution is -0.137. The van der Waals surface area contributed by atoms with Crippen molar-refractivity contribution in [3.63, 3.8) is 0 Å². The fraction of sp³-hybridized carbons (Fsp3) is 0.609. The number of aromatic nitrogens is 3. The molecule has 5 rings (SSSR count). The van der Waals surface area contributed by atoms with Crippen LogP contribution in [-0.4, -0.2) is 33.3 Å². The maximum absolute atomic E-state index is 12.9. The number of carbonyl (C=O) groups excluding carboxylic acids is 1. The summed E-state index contributed by atoms with van der Waals surface area (Å²) in [7, 11) is 0. The number of nitrogens with zero attached hydrogens (tertiary/aromatic N) is 3. The topological polar surface area (TPSA) is 69.0 Å². The second kappa shape index (κ2) is 6.94. The molecule has 2 saturated carbocycles. The van der Waals surface area contributed by atoms with Crippen LogP contribution in [0.15, 0.2) is 43.0 Å². The third-order valence-electron chi connectivity index (χ3n) is 7.97. The van der Waals surface area contributed by atoms with Crippen molar-refractivity contribution in [2.75, 3.05) is 6.61 Å². The molecule has 1 N–H and O–H groups in total. The second-order valence-corrected chi connectivity index (χ2v) is 9.66. The van der Waals surface area contributed by atoms with Crippen LogP contribution >= 0.6 is 0 Å². The molecular weight excluding hydrogens is 364 g/mol. The maximum atomic E-state index is 12.9. The quantitative estimate of drug-likeness (QED) is 0.844. The fourth-order valence-electron chi connectivity index (χ4n) is 6.56. The van der Waals surface area contributed by atoms with Gasteiger partial charge in [0.2, 0.25) is 5.91 Å². The highest BCUT2D eigenvalue weighted by molar-refractivity contribution is 5.76. The summed E-state index contributed by atoms with van der Waals surface area (Å²) in [6.07, 6.45) is 7.16. The Kier molecular flexibility index (Phi) is 4.50. The van der Waals surface area contributed by atoms with Crippen LogP contribution in [0.5, 0.6) is 0 Å². The number of amides is 1. The predicted molar refractivity (Wildman–Crippen MR) is 109 cm³/mol. The Morgan fingerprint density at radius 1 is 1.31 bits per heavy atom. The number of rotatable bonds is 5. The van der Waals surface area contributed by atoms with Gasteiger partial charge in [-0.3, -0.25) is 9.48 Å². The molecule has 154 valence electrons. The van der Waals surface area contributed by atoms with Gasteiger partial charge in [0.15, 0.2) is 0 Å². The number of ether oxygens (including phenoxy) is 1. The first-order chi connectivity index (χ1) is 14.0. The van der Waals surface area contributed by atoms with E-state index in [1.165, 1.54) is 24.7 Å². The summed E-state index contributed by atoms with van der Waals surface area (Å²) in [6.45, 7) is 6.02. The highest BCUT2D eigenvalue weighted by Gasteiger charge is 2.68. The van der Waals surface area contributed by atoms with Crippen molar-refractivity contribution in [2.45, 2.75) is 58.2 Å². The first-order valence-corrected chi connectivity index (χ1v) is 10.8. The third-order valence-corrected chi connectivity index (χ3v) is 7.97. The summed E-state index contributed by atoms with van der Waals surface area (Å²) < 4.78 is 8.03. The smallest absolute Gasteiger partial charge is 0.222 e. The van der Waals surface area contributed by atoms with E-state index in [0.717, 1.165) is 13.0 Å². The molecule has 2 bridgehead atoms. The molecule has 5 atom stereocenters. The summed E-state index contributed by atoms with van der Waals surface area (Å²) in [4.78, 5) is 16.8. The zero-order valence-corrected chi connectivity index (χ0v) is 17.3. The average molecular weight is 395 g/mol. The van der Waals surface area contributed by atoms with Crippen molar-refractivity contribution in [1.29, 1.82) is 0 Å². The van der Waals surface area contributed by atoms with E-state index in [1.54, 1.807) is 11.0 Å². The lowest BCUT2D eigenvalue weighted by atomic mass is 9.59. The molecule has 1 aliphatic heterocycles.